The summed E-state index contributed by atoms with van der Waals surface area (Å²) in [6.45, 7) is 0.519. The van der Waals surface area contributed by atoms with Gasteiger partial charge in [0.15, 0.2) is 6.61 Å². The predicted octanol–water partition coefficient (Wildman–Crippen LogP) is 3.87. The van der Waals surface area contributed by atoms with Gasteiger partial charge in [0.2, 0.25) is 10.0 Å². The Morgan fingerprint density at radius 3 is 2.61 bits per heavy atom. The Hall–Kier alpha value is -4.00. The summed E-state index contributed by atoms with van der Waals surface area (Å²) < 4.78 is 49.2. The zero-order chi connectivity index (χ0) is 28.4. The van der Waals surface area contributed by atoms with Crippen molar-refractivity contribution < 1.29 is 36.3 Å². The van der Waals surface area contributed by atoms with Gasteiger partial charge in [-0.15, -0.1) is 0 Å². The molecule has 1 saturated carbocycles. The topological polar surface area (TPSA) is 132 Å². The molecule has 0 radical (unpaired) electrons. The van der Waals surface area contributed by atoms with E-state index in [1.807, 2.05) is 18.2 Å². The average molecular weight is 580 g/mol. The third-order valence-electron chi connectivity index (χ3n) is 7.46. The van der Waals surface area contributed by atoms with Crippen molar-refractivity contribution in [1.82, 2.24) is 9.31 Å². The third kappa shape index (κ3) is 5.50. The van der Waals surface area contributed by atoms with Gasteiger partial charge in [0, 0.05) is 19.0 Å². The van der Waals surface area contributed by atoms with Gasteiger partial charge in [0.1, 0.15) is 17.6 Å². The number of ether oxygens (including phenoxy) is 2. The summed E-state index contributed by atoms with van der Waals surface area (Å²) in [6.07, 6.45) is 7.61. The lowest BCUT2D eigenvalue weighted by molar-refractivity contribution is -0.137. The molecule has 0 bridgehead atoms. The van der Waals surface area contributed by atoms with Gasteiger partial charge in [0.25, 0.3) is 5.91 Å². The van der Waals surface area contributed by atoms with E-state index in [0.29, 0.717) is 24.7 Å². The summed E-state index contributed by atoms with van der Waals surface area (Å²) in [7, 11) is -3.80. The van der Waals surface area contributed by atoms with E-state index in [4.69, 9.17) is 23.4 Å². The Balaban J connectivity index is 1.20. The van der Waals surface area contributed by atoms with E-state index in [0.717, 1.165) is 30.5 Å². The van der Waals surface area contributed by atoms with Crippen LogP contribution in [0.4, 0.5) is 0 Å². The molecule has 1 aromatic carbocycles. The number of nitrogens with zero attached hydrogens (tertiary/aromatic N) is 3. The van der Waals surface area contributed by atoms with Crippen LogP contribution in [0.25, 0.3) is 6.08 Å². The number of carbonyl (C=O) groups excluding carboxylic acids is 2. The molecule has 0 N–H and O–H groups in total. The molecule has 41 heavy (non-hydrogen) atoms. The Morgan fingerprint density at radius 2 is 1.85 bits per heavy atom. The van der Waals surface area contributed by atoms with Gasteiger partial charge in [-0.2, -0.15) is 9.41 Å². The third-order valence-corrected chi connectivity index (χ3v) is 9.35. The van der Waals surface area contributed by atoms with Crippen molar-refractivity contribution in [2.45, 2.75) is 30.2 Å². The molecule has 1 aliphatic carbocycles. The molecule has 1 saturated heterocycles. The molecule has 1 amide bonds. The second kappa shape index (κ2) is 11.5. The number of furan rings is 2. The fourth-order valence-electron chi connectivity index (χ4n) is 5.49. The van der Waals surface area contributed by atoms with E-state index < -0.39 is 34.5 Å². The Morgan fingerprint density at radius 1 is 1.05 bits per heavy atom. The first-order chi connectivity index (χ1) is 19.9. The van der Waals surface area contributed by atoms with Crippen molar-refractivity contribution in [3.63, 3.8) is 0 Å². The maximum absolute atomic E-state index is 13.4. The number of fused-ring (bicyclic) bond motifs is 1. The maximum Gasteiger partial charge on any atom is 0.338 e. The molecule has 2 unspecified atom stereocenters. The van der Waals surface area contributed by atoms with Crippen LogP contribution >= 0.6 is 0 Å². The molecular weight excluding hydrogens is 550 g/mol. The van der Waals surface area contributed by atoms with Gasteiger partial charge in [-0.25, -0.2) is 18.2 Å². The van der Waals surface area contributed by atoms with Crippen molar-refractivity contribution in [3.05, 3.63) is 83.7 Å². The van der Waals surface area contributed by atoms with E-state index in [9.17, 15) is 18.0 Å². The second-order valence-corrected chi connectivity index (χ2v) is 11.9. The Labute approximate surface area is 237 Å². The summed E-state index contributed by atoms with van der Waals surface area (Å²) in [5, 5.41) is 6.04. The zero-order valence-electron chi connectivity index (χ0n) is 22.2. The van der Waals surface area contributed by atoms with Gasteiger partial charge in [-0.1, -0.05) is 6.07 Å². The lowest BCUT2D eigenvalue weighted by Gasteiger charge is -2.27. The van der Waals surface area contributed by atoms with Crippen LogP contribution in [0.1, 0.15) is 47.2 Å². The van der Waals surface area contributed by atoms with Crippen LogP contribution in [-0.4, -0.2) is 68.2 Å². The number of hydrogen-bond donors (Lipinski definition) is 0. The lowest BCUT2D eigenvalue weighted by atomic mass is 9.79. The number of sulfonamides is 1. The summed E-state index contributed by atoms with van der Waals surface area (Å²) in [4.78, 5) is 26.3. The molecule has 4 heterocycles. The molecule has 6 rings (SSSR count). The van der Waals surface area contributed by atoms with Crippen molar-refractivity contribution in [2.24, 2.45) is 11.0 Å². The minimum Gasteiger partial charge on any atom is -0.467 e. The molecule has 12 heteroatoms. The van der Waals surface area contributed by atoms with E-state index in [-0.39, 0.29) is 29.5 Å². The first kappa shape index (κ1) is 27.2. The normalized spacial score (nSPS) is 22.4. The number of morpholine rings is 1. The lowest BCUT2D eigenvalue weighted by Crippen LogP contribution is -2.40. The SMILES string of the molecule is O=C(OCC(=O)N1N=C2C(=Cc3ccco3)CCCC2C1c1ccco1)c1cccc(S(=O)(=O)N2CCOCC2)c1. The molecule has 3 aromatic rings. The smallest absolute Gasteiger partial charge is 0.338 e. The summed E-state index contributed by atoms with van der Waals surface area (Å²) >= 11 is 0. The van der Waals surface area contributed by atoms with E-state index in [1.165, 1.54) is 33.6 Å². The largest absolute Gasteiger partial charge is 0.467 e. The van der Waals surface area contributed by atoms with Crippen LogP contribution in [0.15, 0.2) is 85.5 Å². The van der Waals surface area contributed by atoms with E-state index in [2.05, 4.69) is 0 Å². The molecule has 2 atom stereocenters. The molecular formula is C29H29N3O8S. The van der Waals surface area contributed by atoms with Crippen LogP contribution < -0.4 is 0 Å². The van der Waals surface area contributed by atoms with E-state index >= 15 is 0 Å². The fraction of sp³-hybridized carbons (Fsp3) is 0.345. The zero-order valence-corrected chi connectivity index (χ0v) is 23.0. The predicted molar refractivity (Wildman–Crippen MR) is 146 cm³/mol. The van der Waals surface area contributed by atoms with Gasteiger partial charge < -0.3 is 18.3 Å². The maximum atomic E-state index is 13.4. The quantitative estimate of drug-likeness (QED) is 0.386. The van der Waals surface area contributed by atoms with Crippen LogP contribution in [0.5, 0.6) is 0 Å². The second-order valence-electron chi connectivity index (χ2n) is 9.99. The molecule has 2 fully saturated rings. The minimum atomic E-state index is -3.80. The highest BCUT2D eigenvalue weighted by Gasteiger charge is 2.45. The average Bonchev–Trinajstić information content (AvgIpc) is 3.78. The summed E-state index contributed by atoms with van der Waals surface area (Å²) in [5.74, 6) is -0.119. The monoisotopic (exact) mass is 579 g/mol. The minimum absolute atomic E-state index is 0.0241. The molecule has 2 aliphatic heterocycles. The summed E-state index contributed by atoms with van der Waals surface area (Å²) in [6, 6.07) is 12.4. The fourth-order valence-corrected chi connectivity index (χ4v) is 6.94. The highest BCUT2D eigenvalue weighted by atomic mass is 32.2. The number of esters is 1. The highest BCUT2D eigenvalue weighted by molar-refractivity contribution is 7.89. The van der Waals surface area contributed by atoms with Gasteiger partial charge >= 0.3 is 5.97 Å². The van der Waals surface area contributed by atoms with Crippen molar-refractivity contribution in [3.8, 4) is 0 Å². The van der Waals surface area contributed by atoms with Gasteiger partial charge in [-0.3, -0.25) is 4.79 Å². The van der Waals surface area contributed by atoms with Crippen LogP contribution in [-0.2, 0) is 24.3 Å². The first-order valence-corrected chi connectivity index (χ1v) is 14.9. The van der Waals surface area contributed by atoms with Gasteiger partial charge in [0.05, 0.1) is 41.9 Å². The number of rotatable bonds is 7. The first-order valence-electron chi connectivity index (χ1n) is 13.5. The van der Waals surface area contributed by atoms with E-state index in [1.54, 1.807) is 24.7 Å². The highest BCUT2D eigenvalue weighted by Crippen LogP contribution is 2.44. The standard InChI is InChI=1S/C29H29N3O8S/c33-26(19-40-29(34)21-6-1-8-23(18-21)41(35,36)31-11-15-37-16-12-31)32-28(25-10-4-14-39-25)24-9-2-5-20(27(24)30-32)17-22-7-3-13-38-22/h1,3-4,6-8,10,13-14,17-18,24,28H,2,5,9,11-12,15-16,19H2. The molecule has 214 valence electrons. The Kier molecular flexibility index (Phi) is 7.61. The number of amides is 1. The number of benzene rings is 1. The van der Waals surface area contributed by atoms with Gasteiger partial charge in [-0.05, 0) is 73.4 Å². The van der Waals surface area contributed by atoms with Crippen molar-refractivity contribution in [1.29, 1.82) is 0 Å². The number of hydrogen-bond acceptors (Lipinski definition) is 9. The van der Waals surface area contributed by atoms with Crippen LogP contribution in [0.2, 0.25) is 0 Å². The number of carbonyl (C=O) groups is 2. The number of hydrazone groups is 1. The molecule has 3 aliphatic rings. The van der Waals surface area contributed by atoms with Crippen molar-refractivity contribution >= 4 is 33.7 Å². The molecule has 2 aromatic heterocycles. The molecule has 11 nitrogen and oxygen atoms in total. The summed E-state index contributed by atoms with van der Waals surface area (Å²) in [5.41, 5.74) is 1.80. The molecule has 0 spiro atoms. The van der Waals surface area contributed by atoms with Crippen LogP contribution in [0, 0.1) is 5.92 Å². The van der Waals surface area contributed by atoms with Crippen molar-refractivity contribution in [2.75, 3.05) is 32.9 Å². The number of allylic oxidation sites excluding steroid dienone is 1. The van der Waals surface area contributed by atoms with Crippen LogP contribution in [0.3, 0.4) is 0 Å². The Bertz CT molecular complexity index is 1570.